The van der Waals surface area contributed by atoms with Gasteiger partial charge < -0.3 is 5.32 Å². The molecule has 8 heteroatoms. The first-order valence-corrected chi connectivity index (χ1v) is 10.0. The van der Waals surface area contributed by atoms with Crippen molar-refractivity contribution in [1.82, 2.24) is 9.62 Å². The zero-order chi connectivity index (χ0) is 20.2. The minimum atomic E-state index is -3.84. The molecule has 1 unspecified atom stereocenters. The van der Waals surface area contributed by atoms with Crippen molar-refractivity contribution in [3.8, 4) is 0 Å². The van der Waals surface area contributed by atoms with Crippen molar-refractivity contribution >= 4 is 33.3 Å². The Morgan fingerprint density at radius 2 is 1.63 bits per heavy atom. The lowest BCUT2D eigenvalue weighted by atomic mass is 10.1. The molecule has 6 nitrogen and oxygen atoms in total. The third-order valence-electron chi connectivity index (χ3n) is 4.08. The lowest BCUT2D eigenvalue weighted by Gasteiger charge is -2.19. The molecule has 0 saturated carbocycles. The Kier molecular flexibility index (Phi) is 6.75. The van der Waals surface area contributed by atoms with E-state index in [9.17, 15) is 18.0 Å². The highest BCUT2D eigenvalue weighted by atomic mass is 35.5. The van der Waals surface area contributed by atoms with Crippen LogP contribution >= 0.6 is 11.6 Å². The number of sulfonamides is 1. The Morgan fingerprint density at radius 1 is 1.07 bits per heavy atom. The van der Waals surface area contributed by atoms with Gasteiger partial charge in [0.15, 0.2) is 5.78 Å². The lowest BCUT2D eigenvalue weighted by molar-refractivity contribution is -0.121. The molecule has 0 heterocycles. The first-order valence-electron chi connectivity index (χ1n) is 8.23. The molecule has 2 aromatic rings. The summed E-state index contributed by atoms with van der Waals surface area (Å²) in [7, 11) is -2.50. The molecule has 1 amide bonds. The third-order valence-corrected chi connectivity index (χ3v) is 6.15. The molecule has 0 radical (unpaired) electrons. The number of hydrogen-bond acceptors (Lipinski definition) is 4. The number of carbonyl (C=O) groups excluding carboxylic acids is 2. The van der Waals surface area contributed by atoms with Crippen molar-refractivity contribution in [2.45, 2.75) is 24.8 Å². The molecule has 0 spiro atoms. The number of nitrogens with zero attached hydrogens (tertiary/aromatic N) is 1. The summed E-state index contributed by atoms with van der Waals surface area (Å²) in [5.74, 6) is -0.577. The van der Waals surface area contributed by atoms with Gasteiger partial charge in [-0.1, -0.05) is 35.9 Å². The quantitative estimate of drug-likeness (QED) is 0.713. The highest BCUT2D eigenvalue weighted by Gasteiger charge is 2.23. The van der Waals surface area contributed by atoms with Gasteiger partial charge in [-0.15, -0.1) is 0 Å². The van der Waals surface area contributed by atoms with Gasteiger partial charge >= 0.3 is 0 Å². The van der Waals surface area contributed by atoms with Gasteiger partial charge in [0.25, 0.3) is 0 Å². The fraction of sp³-hybridized carbons (Fsp3) is 0.263. The summed E-state index contributed by atoms with van der Waals surface area (Å²) in [6, 6.07) is 12.4. The Labute approximate surface area is 164 Å². The van der Waals surface area contributed by atoms with Crippen molar-refractivity contribution in [2.24, 2.45) is 0 Å². The molecule has 144 valence electrons. The summed E-state index contributed by atoms with van der Waals surface area (Å²) in [6.07, 6.45) is 0. The van der Waals surface area contributed by atoms with Crippen molar-refractivity contribution in [3.63, 3.8) is 0 Å². The van der Waals surface area contributed by atoms with Crippen molar-refractivity contribution in [1.29, 1.82) is 0 Å². The highest BCUT2D eigenvalue weighted by Crippen LogP contribution is 2.17. The number of halogens is 1. The van der Waals surface area contributed by atoms with Gasteiger partial charge in [-0.2, -0.15) is 4.31 Å². The molecule has 0 aliphatic rings. The van der Waals surface area contributed by atoms with Crippen LogP contribution < -0.4 is 5.32 Å². The summed E-state index contributed by atoms with van der Waals surface area (Å²) < 4.78 is 26.1. The van der Waals surface area contributed by atoms with Crippen LogP contribution in [-0.4, -0.2) is 38.0 Å². The van der Waals surface area contributed by atoms with Crippen LogP contribution in [0.4, 0.5) is 0 Å². The average molecular weight is 409 g/mol. The van der Waals surface area contributed by atoms with E-state index in [-0.39, 0.29) is 23.3 Å². The minimum absolute atomic E-state index is 0.0218. The Balaban J connectivity index is 2.03. The standard InChI is InChI=1S/C19H21ClN2O4S/c1-13(15-4-8-17(20)9-5-15)21-19(24)12-22(3)27(25,26)18-10-6-16(7-11-18)14(2)23/h4-11,13H,12H2,1-3H3,(H,21,24). The number of rotatable bonds is 7. The minimum Gasteiger partial charge on any atom is -0.348 e. The van der Waals surface area contributed by atoms with Crippen molar-refractivity contribution in [2.75, 3.05) is 13.6 Å². The van der Waals surface area contributed by atoms with Gasteiger partial charge in [0.05, 0.1) is 17.5 Å². The van der Waals surface area contributed by atoms with Crippen LogP contribution in [0.3, 0.4) is 0 Å². The molecule has 0 bridgehead atoms. The summed E-state index contributed by atoms with van der Waals surface area (Å²) in [5, 5.41) is 3.36. The van der Waals surface area contributed by atoms with E-state index in [2.05, 4.69) is 5.32 Å². The van der Waals surface area contributed by atoms with Crippen LogP contribution in [0.2, 0.25) is 5.02 Å². The maximum Gasteiger partial charge on any atom is 0.243 e. The monoisotopic (exact) mass is 408 g/mol. The predicted octanol–water partition coefficient (Wildman–Crippen LogP) is 3.04. The van der Waals surface area contributed by atoms with Crippen LogP contribution in [0, 0.1) is 0 Å². The van der Waals surface area contributed by atoms with Gasteiger partial charge in [-0.05, 0) is 43.7 Å². The smallest absolute Gasteiger partial charge is 0.243 e. The lowest BCUT2D eigenvalue weighted by Crippen LogP contribution is -2.39. The number of amides is 1. The van der Waals surface area contributed by atoms with Gasteiger partial charge in [0.2, 0.25) is 15.9 Å². The van der Waals surface area contributed by atoms with E-state index in [1.807, 2.05) is 0 Å². The fourth-order valence-corrected chi connectivity index (χ4v) is 3.70. The number of hydrogen-bond donors (Lipinski definition) is 1. The second-order valence-corrected chi connectivity index (χ2v) is 8.66. The summed E-state index contributed by atoms with van der Waals surface area (Å²) in [4.78, 5) is 23.6. The van der Waals surface area contributed by atoms with E-state index in [0.29, 0.717) is 10.6 Å². The van der Waals surface area contributed by atoms with Gasteiger partial charge in [-0.25, -0.2) is 8.42 Å². The van der Waals surface area contributed by atoms with Crippen molar-refractivity contribution < 1.29 is 18.0 Å². The number of ketones is 1. The maximum absolute atomic E-state index is 12.6. The van der Waals surface area contributed by atoms with E-state index >= 15 is 0 Å². The highest BCUT2D eigenvalue weighted by molar-refractivity contribution is 7.89. The number of nitrogens with one attached hydrogen (secondary N) is 1. The van der Waals surface area contributed by atoms with Crippen LogP contribution in [0.25, 0.3) is 0 Å². The normalized spacial score (nSPS) is 12.6. The van der Waals surface area contributed by atoms with E-state index in [1.54, 1.807) is 31.2 Å². The SMILES string of the molecule is CC(=O)c1ccc(S(=O)(=O)N(C)CC(=O)NC(C)c2ccc(Cl)cc2)cc1. The Morgan fingerprint density at radius 3 is 2.15 bits per heavy atom. The van der Waals surface area contributed by atoms with Crippen LogP contribution in [-0.2, 0) is 14.8 Å². The van der Waals surface area contributed by atoms with Crippen LogP contribution in [0.1, 0.15) is 35.8 Å². The van der Waals surface area contributed by atoms with E-state index in [4.69, 9.17) is 11.6 Å². The largest absolute Gasteiger partial charge is 0.348 e. The number of likely N-dealkylation sites (N-methyl/N-ethyl adjacent to an activating group) is 1. The predicted molar refractivity (Wildman–Crippen MR) is 104 cm³/mol. The second-order valence-electron chi connectivity index (χ2n) is 6.18. The number of carbonyl (C=O) groups is 2. The first kappa shape index (κ1) is 21.1. The molecule has 0 aliphatic carbocycles. The summed E-state index contributed by atoms with van der Waals surface area (Å²) >= 11 is 5.85. The summed E-state index contributed by atoms with van der Waals surface area (Å²) in [5.41, 5.74) is 1.28. The molecule has 0 fully saturated rings. The fourth-order valence-electron chi connectivity index (χ4n) is 2.45. The van der Waals surface area contributed by atoms with E-state index in [1.165, 1.54) is 38.2 Å². The zero-order valence-electron chi connectivity index (χ0n) is 15.3. The second kappa shape index (κ2) is 8.65. The van der Waals surface area contributed by atoms with Crippen LogP contribution in [0.15, 0.2) is 53.4 Å². The zero-order valence-corrected chi connectivity index (χ0v) is 16.8. The molecule has 0 aromatic heterocycles. The molecular weight excluding hydrogens is 388 g/mol. The summed E-state index contributed by atoms with van der Waals surface area (Å²) in [6.45, 7) is 2.88. The maximum atomic E-state index is 12.6. The molecule has 27 heavy (non-hydrogen) atoms. The molecule has 2 aromatic carbocycles. The molecule has 0 saturated heterocycles. The van der Waals surface area contributed by atoms with Gasteiger partial charge in [-0.3, -0.25) is 9.59 Å². The molecule has 2 rings (SSSR count). The number of Topliss-reactive ketones (excluding diaryl/α,β-unsaturated/α-hetero) is 1. The topological polar surface area (TPSA) is 83.6 Å². The van der Waals surface area contributed by atoms with Crippen LogP contribution in [0.5, 0.6) is 0 Å². The van der Waals surface area contributed by atoms with Crippen molar-refractivity contribution in [3.05, 3.63) is 64.7 Å². The molecule has 1 atom stereocenters. The molecule has 0 aliphatic heterocycles. The first-order chi connectivity index (χ1) is 12.6. The average Bonchev–Trinajstić information content (AvgIpc) is 2.62. The van der Waals surface area contributed by atoms with Gasteiger partial charge in [0, 0.05) is 17.6 Å². The van der Waals surface area contributed by atoms with E-state index in [0.717, 1.165) is 9.87 Å². The third kappa shape index (κ3) is 5.38. The van der Waals surface area contributed by atoms with E-state index < -0.39 is 15.9 Å². The Bertz CT molecular complexity index is 925. The molecular formula is C19H21ClN2O4S. The number of benzene rings is 2. The Hall–Kier alpha value is -2.22. The molecule has 1 N–H and O–H groups in total. The van der Waals surface area contributed by atoms with Gasteiger partial charge in [0.1, 0.15) is 0 Å².